The Labute approximate surface area is 116 Å². The molecule has 0 unspecified atom stereocenters. The highest BCUT2D eigenvalue weighted by atomic mass is 16.5. The number of fused-ring (bicyclic) bond motifs is 1. The number of hydrogen-bond donors (Lipinski definition) is 1. The van der Waals surface area contributed by atoms with Gasteiger partial charge in [-0.15, -0.1) is 0 Å². The Morgan fingerprint density at radius 1 is 1.10 bits per heavy atom. The molecule has 2 heterocycles. The van der Waals surface area contributed by atoms with Crippen molar-refractivity contribution in [1.29, 1.82) is 0 Å². The quantitative estimate of drug-likeness (QED) is 0.785. The molecule has 1 N–H and O–H groups in total. The molecule has 0 aliphatic rings. The minimum atomic E-state index is -0.359. The number of nitrogens with zero attached hydrogens (tertiary/aromatic N) is 4. The second-order valence-corrected chi connectivity index (χ2v) is 5.06. The van der Waals surface area contributed by atoms with E-state index in [1.165, 1.54) is 0 Å². The summed E-state index contributed by atoms with van der Waals surface area (Å²) in [5.74, 6) is 1.10. The predicted octanol–water partition coefficient (Wildman–Crippen LogP) is 2.13. The van der Waals surface area contributed by atoms with E-state index in [0.717, 1.165) is 16.6 Å². The van der Waals surface area contributed by atoms with E-state index >= 15 is 0 Å². The molecule has 0 fully saturated rings. The van der Waals surface area contributed by atoms with Crippen molar-refractivity contribution >= 4 is 11.0 Å². The monoisotopic (exact) mass is 269 g/mol. The normalized spacial score (nSPS) is 11.9. The first-order chi connectivity index (χ1) is 9.60. The van der Waals surface area contributed by atoms with Crippen molar-refractivity contribution in [2.45, 2.75) is 19.4 Å². The van der Waals surface area contributed by atoms with Gasteiger partial charge in [-0.2, -0.15) is 4.98 Å². The lowest BCUT2D eigenvalue weighted by molar-refractivity contribution is 0.281. The van der Waals surface area contributed by atoms with Crippen LogP contribution in [-0.2, 0) is 5.54 Å². The van der Waals surface area contributed by atoms with E-state index in [2.05, 4.69) is 25.4 Å². The van der Waals surface area contributed by atoms with Crippen LogP contribution in [0.3, 0.4) is 0 Å². The summed E-state index contributed by atoms with van der Waals surface area (Å²) in [6.07, 6.45) is 3.34. The van der Waals surface area contributed by atoms with Crippen LogP contribution in [0.15, 0.2) is 35.1 Å². The van der Waals surface area contributed by atoms with Crippen LogP contribution >= 0.6 is 0 Å². The maximum atomic E-state index is 5.33. The summed E-state index contributed by atoms with van der Waals surface area (Å²) in [5.41, 5.74) is 2.15. The number of aromatic nitrogens is 4. The summed E-state index contributed by atoms with van der Waals surface area (Å²) in [6, 6.07) is 5.72. The lowest BCUT2D eigenvalue weighted by atomic mass is 10.1. The van der Waals surface area contributed by atoms with Gasteiger partial charge in [-0.1, -0.05) is 5.16 Å². The molecule has 0 spiro atoms. The summed E-state index contributed by atoms with van der Waals surface area (Å²) >= 11 is 0. The van der Waals surface area contributed by atoms with E-state index in [-0.39, 0.29) is 5.54 Å². The van der Waals surface area contributed by atoms with Gasteiger partial charge in [0.15, 0.2) is 0 Å². The first-order valence-corrected chi connectivity index (χ1v) is 6.34. The summed E-state index contributed by atoms with van der Waals surface area (Å²) in [4.78, 5) is 13.0. The van der Waals surface area contributed by atoms with E-state index in [0.29, 0.717) is 11.7 Å². The standard InChI is InChI=1S/C14H15N5O/c1-14(2,15-3)13-18-12(19-20-13)9-4-5-10-11(8-9)17-7-6-16-10/h4-8,15H,1-3H3. The SMILES string of the molecule is CNC(C)(C)c1nc(-c2ccc3nccnc3c2)no1. The van der Waals surface area contributed by atoms with Crippen LogP contribution < -0.4 is 5.32 Å². The molecule has 0 bridgehead atoms. The van der Waals surface area contributed by atoms with Gasteiger partial charge in [0, 0.05) is 18.0 Å². The highest BCUT2D eigenvalue weighted by Gasteiger charge is 2.25. The van der Waals surface area contributed by atoms with E-state index in [1.807, 2.05) is 39.1 Å². The zero-order chi connectivity index (χ0) is 14.2. The molecule has 0 saturated carbocycles. The summed E-state index contributed by atoms with van der Waals surface area (Å²) < 4.78 is 5.33. The van der Waals surface area contributed by atoms with Gasteiger partial charge in [0.25, 0.3) is 0 Å². The molecule has 0 radical (unpaired) electrons. The molecule has 6 heteroatoms. The molecule has 0 aliphatic heterocycles. The van der Waals surface area contributed by atoms with Gasteiger partial charge >= 0.3 is 0 Å². The fourth-order valence-electron chi connectivity index (χ4n) is 1.80. The van der Waals surface area contributed by atoms with Crippen LogP contribution in [0.2, 0.25) is 0 Å². The third kappa shape index (κ3) is 2.14. The third-order valence-electron chi connectivity index (χ3n) is 3.31. The summed E-state index contributed by atoms with van der Waals surface area (Å²) in [6.45, 7) is 3.96. The van der Waals surface area contributed by atoms with Crippen LogP contribution in [0.1, 0.15) is 19.7 Å². The van der Waals surface area contributed by atoms with E-state index < -0.39 is 0 Å². The predicted molar refractivity (Wildman–Crippen MR) is 74.9 cm³/mol. The lowest BCUT2D eigenvalue weighted by Gasteiger charge is -2.17. The van der Waals surface area contributed by atoms with E-state index in [9.17, 15) is 0 Å². The topological polar surface area (TPSA) is 76.7 Å². The molecule has 3 rings (SSSR count). The van der Waals surface area contributed by atoms with Gasteiger partial charge in [0.05, 0.1) is 16.6 Å². The number of hydrogen-bond acceptors (Lipinski definition) is 6. The van der Waals surface area contributed by atoms with Crippen molar-refractivity contribution in [2.24, 2.45) is 0 Å². The second kappa shape index (κ2) is 4.64. The minimum Gasteiger partial charge on any atom is -0.337 e. The van der Waals surface area contributed by atoms with E-state index in [4.69, 9.17) is 4.52 Å². The fraction of sp³-hybridized carbons (Fsp3) is 0.286. The number of rotatable bonds is 3. The molecule has 0 atom stereocenters. The molecule has 2 aromatic heterocycles. The Kier molecular flexibility index (Phi) is 2.94. The summed E-state index contributed by atoms with van der Waals surface area (Å²) in [5, 5.41) is 7.17. The molecule has 20 heavy (non-hydrogen) atoms. The van der Waals surface area contributed by atoms with Crippen LogP contribution in [0.4, 0.5) is 0 Å². The highest BCUT2D eigenvalue weighted by molar-refractivity contribution is 5.79. The highest BCUT2D eigenvalue weighted by Crippen LogP contribution is 2.23. The first kappa shape index (κ1) is 12.7. The van der Waals surface area contributed by atoms with Crippen LogP contribution in [-0.4, -0.2) is 27.2 Å². The molecular formula is C14H15N5O. The molecule has 0 aliphatic carbocycles. The Hall–Kier alpha value is -2.34. The third-order valence-corrected chi connectivity index (χ3v) is 3.31. The Morgan fingerprint density at radius 2 is 1.85 bits per heavy atom. The van der Waals surface area contributed by atoms with Crippen molar-refractivity contribution in [1.82, 2.24) is 25.4 Å². The Balaban J connectivity index is 2.03. The van der Waals surface area contributed by atoms with Gasteiger partial charge in [-0.25, -0.2) is 0 Å². The smallest absolute Gasteiger partial charge is 0.246 e. The maximum absolute atomic E-state index is 5.33. The van der Waals surface area contributed by atoms with Crippen molar-refractivity contribution in [2.75, 3.05) is 7.05 Å². The van der Waals surface area contributed by atoms with Gasteiger partial charge in [-0.05, 0) is 39.1 Å². The van der Waals surface area contributed by atoms with Gasteiger partial charge in [-0.3, -0.25) is 9.97 Å². The molecule has 0 saturated heterocycles. The van der Waals surface area contributed by atoms with Gasteiger partial charge in [0.1, 0.15) is 0 Å². The molecule has 102 valence electrons. The van der Waals surface area contributed by atoms with Crippen molar-refractivity contribution in [3.8, 4) is 11.4 Å². The maximum Gasteiger partial charge on any atom is 0.246 e. The van der Waals surface area contributed by atoms with Gasteiger partial charge < -0.3 is 9.84 Å². The average Bonchev–Trinajstić information content (AvgIpc) is 2.97. The van der Waals surface area contributed by atoms with Crippen LogP contribution in [0.25, 0.3) is 22.4 Å². The Morgan fingerprint density at radius 3 is 2.60 bits per heavy atom. The Bertz CT molecular complexity index is 750. The van der Waals surface area contributed by atoms with Crippen molar-refractivity contribution < 1.29 is 4.52 Å². The van der Waals surface area contributed by atoms with Crippen LogP contribution in [0, 0.1) is 0 Å². The molecule has 0 amide bonds. The minimum absolute atomic E-state index is 0.359. The average molecular weight is 269 g/mol. The zero-order valence-corrected chi connectivity index (χ0v) is 11.6. The molecular weight excluding hydrogens is 254 g/mol. The van der Waals surface area contributed by atoms with Crippen LogP contribution in [0.5, 0.6) is 0 Å². The van der Waals surface area contributed by atoms with Crippen molar-refractivity contribution in [3.63, 3.8) is 0 Å². The second-order valence-electron chi connectivity index (χ2n) is 5.06. The summed E-state index contributed by atoms with van der Waals surface area (Å²) in [7, 11) is 1.86. The number of benzene rings is 1. The fourth-order valence-corrected chi connectivity index (χ4v) is 1.80. The molecule has 3 aromatic rings. The van der Waals surface area contributed by atoms with Gasteiger partial charge in [0.2, 0.25) is 11.7 Å². The zero-order valence-electron chi connectivity index (χ0n) is 11.6. The van der Waals surface area contributed by atoms with E-state index in [1.54, 1.807) is 12.4 Å². The van der Waals surface area contributed by atoms with Crippen molar-refractivity contribution in [3.05, 3.63) is 36.5 Å². The first-order valence-electron chi connectivity index (χ1n) is 6.34. The largest absolute Gasteiger partial charge is 0.337 e. The molecule has 1 aromatic carbocycles. The lowest BCUT2D eigenvalue weighted by Crippen LogP contribution is -2.33. The number of nitrogens with one attached hydrogen (secondary N) is 1. The molecule has 6 nitrogen and oxygen atoms in total.